The minimum Gasteiger partial charge on any atom is -0.486 e. The second-order valence-corrected chi connectivity index (χ2v) is 9.41. The van der Waals surface area contributed by atoms with Crippen molar-refractivity contribution >= 4 is 11.8 Å². The molecule has 0 saturated carbocycles. The summed E-state index contributed by atoms with van der Waals surface area (Å²) in [7, 11) is 0. The number of rotatable bonds is 8. The van der Waals surface area contributed by atoms with Gasteiger partial charge in [-0.3, -0.25) is 9.59 Å². The summed E-state index contributed by atoms with van der Waals surface area (Å²) in [5, 5.41) is 2.85. The normalized spacial score (nSPS) is 18.9. The SMILES string of the molecule is CCC(=O)N1CCc2ccc(OCc3ccc(C(=O)NCC4CCCO4)o3)cc2C1c1cccc(F)c1. The maximum atomic E-state index is 14.1. The topological polar surface area (TPSA) is 81.0 Å². The van der Waals surface area contributed by atoms with Gasteiger partial charge in [0.25, 0.3) is 5.91 Å². The van der Waals surface area contributed by atoms with Gasteiger partial charge in [0, 0.05) is 26.1 Å². The van der Waals surface area contributed by atoms with E-state index in [-0.39, 0.29) is 36.1 Å². The van der Waals surface area contributed by atoms with Crippen molar-refractivity contribution in [2.75, 3.05) is 19.7 Å². The Balaban J connectivity index is 1.30. The van der Waals surface area contributed by atoms with Gasteiger partial charge in [-0.2, -0.15) is 0 Å². The molecule has 8 heteroatoms. The Morgan fingerprint density at radius 2 is 2.05 bits per heavy atom. The number of nitrogens with zero attached hydrogens (tertiary/aromatic N) is 1. The van der Waals surface area contributed by atoms with Crippen LogP contribution in [-0.2, 0) is 22.6 Å². The molecule has 7 nitrogen and oxygen atoms in total. The molecule has 0 bridgehead atoms. The number of furan rings is 1. The number of hydrogen-bond donors (Lipinski definition) is 1. The molecule has 1 saturated heterocycles. The molecule has 2 aromatic carbocycles. The van der Waals surface area contributed by atoms with Crippen molar-refractivity contribution in [2.24, 2.45) is 0 Å². The summed E-state index contributed by atoms with van der Waals surface area (Å²) >= 11 is 0. The lowest BCUT2D eigenvalue weighted by Crippen LogP contribution is -2.40. The molecular formula is C29H31FN2O5. The number of nitrogens with one attached hydrogen (secondary N) is 1. The van der Waals surface area contributed by atoms with Gasteiger partial charge in [-0.15, -0.1) is 0 Å². The number of carbonyl (C=O) groups excluding carboxylic acids is 2. The molecule has 2 atom stereocenters. The Morgan fingerprint density at radius 3 is 2.84 bits per heavy atom. The van der Waals surface area contributed by atoms with E-state index in [2.05, 4.69) is 5.32 Å². The highest BCUT2D eigenvalue weighted by molar-refractivity contribution is 5.91. The summed E-state index contributed by atoms with van der Waals surface area (Å²) in [5.41, 5.74) is 2.75. The molecule has 194 valence electrons. The quantitative estimate of drug-likeness (QED) is 0.475. The second-order valence-electron chi connectivity index (χ2n) is 9.41. The van der Waals surface area contributed by atoms with Crippen molar-refractivity contribution in [1.82, 2.24) is 10.2 Å². The van der Waals surface area contributed by atoms with Crippen molar-refractivity contribution in [1.29, 1.82) is 0 Å². The van der Waals surface area contributed by atoms with Gasteiger partial charge < -0.3 is 24.1 Å². The highest BCUT2D eigenvalue weighted by Gasteiger charge is 2.32. The minimum atomic E-state index is -0.391. The third kappa shape index (κ3) is 5.69. The van der Waals surface area contributed by atoms with Crippen LogP contribution in [0.4, 0.5) is 4.39 Å². The molecule has 37 heavy (non-hydrogen) atoms. The summed E-state index contributed by atoms with van der Waals surface area (Å²) in [6.45, 7) is 3.75. The van der Waals surface area contributed by atoms with Gasteiger partial charge in [0.1, 0.15) is 23.9 Å². The molecule has 2 unspecified atom stereocenters. The number of benzene rings is 2. The smallest absolute Gasteiger partial charge is 0.287 e. The molecular weight excluding hydrogens is 475 g/mol. The molecule has 5 rings (SSSR count). The zero-order valence-electron chi connectivity index (χ0n) is 20.9. The van der Waals surface area contributed by atoms with E-state index in [0.717, 1.165) is 42.6 Å². The summed E-state index contributed by atoms with van der Waals surface area (Å²) in [5.74, 6) is 0.744. The number of ether oxygens (including phenoxy) is 2. The molecule has 1 fully saturated rings. The molecule has 2 aliphatic heterocycles. The fourth-order valence-electron chi connectivity index (χ4n) is 5.02. The Morgan fingerprint density at radius 1 is 1.16 bits per heavy atom. The average molecular weight is 507 g/mol. The third-order valence-electron chi connectivity index (χ3n) is 6.91. The van der Waals surface area contributed by atoms with Crippen molar-refractivity contribution in [3.05, 3.63) is 88.6 Å². The lowest BCUT2D eigenvalue weighted by atomic mass is 9.87. The van der Waals surface area contributed by atoms with Crippen molar-refractivity contribution in [3.63, 3.8) is 0 Å². The summed E-state index contributed by atoms with van der Waals surface area (Å²) in [6, 6.07) is 15.2. The van der Waals surface area contributed by atoms with Gasteiger partial charge in [0.2, 0.25) is 5.91 Å². The molecule has 0 spiro atoms. The predicted octanol–water partition coefficient (Wildman–Crippen LogP) is 4.79. The van der Waals surface area contributed by atoms with Crippen LogP contribution < -0.4 is 10.1 Å². The van der Waals surface area contributed by atoms with Crippen LogP contribution in [0.25, 0.3) is 0 Å². The lowest BCUT2D eigenvalue weighted by molar-refractivity contribution is -0.132. The predicted molar refractivity (Wildman–Crippen MR) is 135 cm³/mol. The van der Waals surface area contributed by atoms with Crippen LogP contribution in [0.1, 0.15) is 65.2 Å². The van der Waals surface area contributed by atoms with E-state index >= 15 is 0 Å². The Labute approximate surface area is 215 Å². The van der Waals surface area contributed by atoms with Gasteiger partial charge in [0.15, 0.2) is 5.76 Å². The minimum absolute atomic E-state index is 0.0205. The van der Waals surface area contributed by atoms with Gasteiger partial charge in [0.05, 0.1) is 12.1 Å². The third-order valence-corrected chi connectivity index (χ3v) is 6.91. The summed E-state index contributed by atoms with van der Waals surface area (Å²) < 4.78 is 31.3. The molecule has 1 N–H and O–H groups in total. The standard InChI is InChI=1S/C29H31FN2O5/c1-2-27(33)32-13-12-19-8-9-22(16-25(19)28(32)20-5-3-6-21(30)15-20)36-18-24-10-11-26(37-24)29(34)31-17-23-7-4-14-35-23/h3,5-6,8-11,15-16,23,28H,2,4,7,12-14,17-18H2,1H3,(H,31,34). The maximum absolute atomic E-state index is 14.1. The van der Waals surface area contributed by atoms with Crippen LogP contribution in [0.2, 0.25) is 0 Å². The lowest BCUT2D eigenvalue weighted by Gasteiger charge is -2.38. The second kappa shape index (κ2) is 11.2. The van der Waals surface area contributed by atoms with E-state index < -0.39 is 6.04 Å². The number of carbonyl (C=O) groups is 2. The van der Waals surface area contributed by atoms with Gasteiger partial charge >= 0.3 is 0 Å². The van der Waals surface area contributed by atoms with Crippen LogP contribution in [0.3, 0.4) is 0 Å². The Hall–Kier alpha value is -3.65. The molecule has 0 aliphatic carbocycles. The number of amides is 2. The molecule has 0 radical (unpaired) electrons. The highest BCUT2D eigenvalue weighted by atomic mass is 19.1. The van der Waals surface area contributed by atoms with E-state index in [1.165, 1.54) is 12.1 Å². The highest BCUT2D eigenvalue weighted by Crippen LogP contribution is 2.38. The largest absolute Gasteiger partial charge is 0.486 e. The van der Waals surface area contributed by atoms with Crippen LogP contribution >= 0.6 is 0 Å². The van der Waals surface area contributed by atoms with E-state index in [4.69, 9.17) is 13.9 Å². The van der Waals surface area contributed by atoms with Crippen molar-refractivity contribution in [3.8, 4) is 5.75 Å². The monoisotopic (exact) mass is 506 g/mol. The first-order valence-corrected chi connectivity index (χ1v) is 12.8. The van der Waals surface area contributed by atoms with Gasteiger partial charge in [-0.05, 0) is 72.4 Å². The van der Waals surface area contributed by atoms with E-state index in [9.17, 15) is 14.0 Å². The zero-order chi connectivity index (χ0) is 25.8. The fraction of sp³-hybridized carbons (Fsp3) is 0.379. The fourth-order valence-corrected chi connectivity index (χ4v) is 5.02. The van der Waals surface area contributed by atoms with Gasteiger partial charge in [-0.25, -0.2) is 4.39 Å². The van der Waals surface area contributed by atoms with Crippen LogP contribution in [0, 0.1) is 5.82 Å². The van der Waals surface area contributed by atoms with E-state index in [1.54, 1.807) is 18.2 Å². The van der Waals surface area contributed by atoms with E-state index in [1.807, 2.05) is 36.1 Å². The zero-order valence-corrected chi connectivity index (χ0v) is 20.9. The number of fused-ring (bicyclic) bond motifs is 1. The Kier molecular flexibility index (Phi) is 7.55. The Bertz CT molecular complexity index is 1270. The average Bonchev–Trinajstić information content (AvgIpc) is 3.62. The first-order valence-electron chi connectivity index (χ1n) is 12.8. The summed E-state index contributed by atoms with van der Waals surface area (Å²) in [6.07, 6.45) is 3.12. The number of halogens is 1. The molecule has 1 aromatic heterocycles. The maximum Gasteiger partial charge on any atom is 0.287 e. The number of hydrogen-bond acceptors (Lipinski definition) is 5. The first kappa shape index (κ1) is 25.0. The van der Waals surface area contributed by atoms with Crippen LogP contribution in [-0.4, -0.2) is 42.5 Å². The molecule has 2 aliphatic rings. The van der Waals surface area contributed by atoms with Crippen LogP contribution in [0.5, 0.6) is 5.75 Å². The molecule has 2 amide bonds. The first-order chi connectivity index (χ1) is 18.0. The van der Waals surface area contributed by atoms with E-state index in [0.29, 0.717) is 31.0 Å². The molecule has 3 aromatic rings. The van der Waals surface area contributed by atoms with Gasteiger partial charge in [-0.1, -0.05) is 25.1 Å². The molecule has 3 heterocycles. The van der Waals surface area contributed by atoms with Crippen molar-refractivity contribution in [2.45, 2.75) is 51.4 Å². The van der Waals surface area contributed by atoms with Crippen LogP contribution in [0.15, 0.2) is 59.0 Å². The van der Waals surface area contributed by atoms with Crippen molar-refractivity contribution < 1.29 is 27.9 Å². The summed E-state index contributed by atoms with van der Waals surface area (Å²) in [4.78, 5) is 27.0.